The molecule has 1 saturated carbocycles. The van der Waals surface area contributed by atoms with E-state index in [1.165, 1.54) is 38.5 Å². The molecule has 0 aromatic rings. The first-order valence-electron chi connectivity index (χ1n) is 9.84. The molecule has 0 heterocycles. The quantitative estimate of drug-likeness (QED) is 0.505. The summed E-state index contributed by atoms with van der Waals surface area (Å²) >= 11 is 0. The number of hydrogen-bond acceptors (Lipinski definition) is 2. The molecule has 1 fully saturated rings. The molecule has 0 unspecified atom stereocenters. The van der Waals surface area contributed by atoms with Crippen molar-refractivity contribution >= 4 is 0 Å². The molecule has 138 valence electrons. The zero-order valence-electron chi connectivity index (χ0n) is 16.9. The first-order chi connectivity index (χ1) is 10.9. The van der Waals surface area contributed by atoms with Crippen LogP contribution >= 0.6 is 0 Å². The smallest absolute Gasteiger partial charge is 0.0543 e. The minimum absolute atomic E-state index is 0.214. The minimum Gasteiger partial charge on any atom is -0.384 e. The molecule has 23 heavy (non-hydrogen) atoms. The van der Waals surface area contributed by atoms with Crippen molar-refractivity contribution in [3.8, 4) is 0 Å². The predicted molar refractivity (Wildman–Crippen MR) is 99.7 cm³/mol. The summed E-state index contributed by atoms with van der Waals surface area (Å²) in [5.74, 6) is 3.96. The summed E-state index contributed by atoms with van der Waals surface area (Å²) in [5.41, 5.74) is 0.214. The average molecular weight is 327 g/mol. The van der Waals surface area contributed by atoms with E-state index in [0.717, 1.165) is 42.8 Å². The van der Waals surface area contributed by atoms with E-state index in [1.54, 1.807) is 0 Å². The molecule has 0 N–H and O–H groups in total. The predicted octanol–water partition coefficient (Wildman–Crippen LogP) is 5.80. The van der Waals surface area contributed by atoms with Gasteiger partial charge in [0.05, 0.1) is 13.2 Å². The van der Waals surface area contributed by atoms with E-state index in [-0.39, 0.29) is 5.41 Å². The van der Waals surface area contributed by atoms with Crippen LogP contribution in [0.1, 0.15) is 73.1 Å². The molecule has 0 spiro atoms. The Hall–Kier alpha value is -0.0800. The highest BCUT2D eigenvalue weighted by atomic mass is 16.5. The standard InChI is InChI=1S/C21H42O2/c1-16(2)20(17(3)4)12-13-21(14-22-6,15-23-7)19-10-8-18(5)9-11-19/h16-20H,8-15H2,1-7H3. The molecule has 0 bridgehead atoms. The minimum atomic E-state index is 0.214. The number of methoxy groups -OCH3 is 2. The van der Waals surface area contributed by atoms with Crippen LogP contribution in [0.25, 0.3) is 0 Å². The summed E-state index contributed by atoms with van der Waals surface area (Å²) in [5, 5.41) is 0. The van der Waals surface area contributed by atoms with Crippen molar-refractivity contribution in [2.24, 2.45) is 35.0 Å². The largest absolute Gasteiger partial charge is 0.384 e. The summed E-state index contributed by atoms with van der Waals surface area (Å²) in [6.07, 6.45) is 7.99. The third-order valence-corrected chi connectivity index (χ3v) is 6.43. The molecular weight excluding hydrogens is 284 g/mol. The lowest BCUT2D eigenvalue weighted by Crippen LogP contribution is -2.42. The summed E-state index contributed by atoms with van der Waals surface area (Å²) in [7, 11) is 3.72. The molecule has 0 aromatic carbocycles. The molecule has 0 amide bonds. The fourth-order valence-corrected chi connectivity index (χ4v) is 4.96. The van der Waals surface area contributed by atoms with Gasteiger partial charge < -0.3 is 9.47 Å². The number of ether oxygens (including phenoxy) is 2. The van der Waals surface area contributed by atoms with E-state index in [4.69, 9.17) is 9.47 Å². The van der Waals surface area contributed by atoms with Gasteiger partial charge in [-0.15, -0.1) is 0 Å². The summed E-state index contributed by atoms with van der Waals surface area (Å²) in [6, 6.07) is 0. The normalized spacial score (nSPS) is 23.2. The Morgan fingerprint density at radius 3 is 1.74 bits per heavy atom. The van der Waals surface area contributed by atoms with Crippen LogP contribution in [0.15, 0.2) is 0 Å². The van der Waals surface area contributed by atoms with Gasteiger partial charge in [0.1, 0.15) is 0 Å². The highest BCUT2D eigenvalue weighted by Gasteiger charge is 2.40. The molecule has 1 rings (SSSR count). The maximum Gasteiger partial charge on any atom is 0.0543 e. The SMILES string of the molecule is COCC(CCC(C(C)C)C(C)C)(COC)C1CCC(C)CC1. The van der Waals surface area contributed by atoms with Crippen LogP contribution in [0.3, 0.4) is 0 Å². The lowest BCUT2D eigenvalue weighted by atomic mass is 9.64. The van der Waals surface area contributed by atoms with E-state index >= 15 is 0 Å². The first-order valence-corrected chi connectivity index (χ1v) is 9.84. The van der Waals surface area contributed by atoms with Gasteiger partial charge in [0, 0.05) is 19.6 Å². The maximum atomic E-state index is 5.71. The Kier molecular flexibility index (Phi) is 9.15. The van der Waals surface area contributed by atoms with Gasteiger partial charge in [-0.05, 0) is 55.3 Å². The van der Waals surface area contributed by atoms with Gasteiger partial charge in [-0.25, -0.2) is 0 Å². The second-order valence-corrected chi connectivity index (χ2v) is 8.88. The average Bonchev–Trinajstić information content (AvgIpc) is 2.47. The van der Waals surface area contributed by atoms with Gasteiger partial charge in [0.2, 0.25) is 0 Å². The highest BCUT2D eigenvalue weighted by Crippen LogP contribution is 2.45. The zero-order valence-corrected chi connectivity index (χ0v) is 16.9. The third kappa shape index (κ3) is 6.05. The van der Waals surface area contributed by atoms with Crippen molar-refractivity contribution in [1.82, 2.24) is 0 Å². The second kappa shape index (κ2) is 10.0. The Morgan fingerprint density at radius 2 is 1.35 bits per heavy atom. The van der Waals surface area contributed by atoms with Crippen molar-refractivity contribution in [3.63, 3.8) is 0 Å². The molecule has 2 nitrogen and oxygen atoms in total. The Bertz CT molecular complexity index is 289. The van der Waals surface area contributed by atoms with E-state index in [2.05, 4.69) is 34.6 Å². The Balaban J connectivity index is 2.85. The lowest BCUT2D eigenvalue weighted by Gasteiger charge is -2.44. The summed E-state index contributed by atoms with van der Waals surface area (Å²) in [4.78, 5) is 0. The fraction of sp³-hybridized carbons (Fsp3) is 1.00. The van der Waals surface area contributed by atoms with E-state index < -0.39 is 0 Å². The monoisotopic (exact) mass is 326 g/mol. The van der Waals surface area contributed by atoms with Crippen LogP contribution in [0.4, 0.5) is 0 Å². The molecular formula is C21H42O2. The van der Waals surface area contributed by atoms with Gasteiger partial charge in [-0.3, -0.25) is 0 Å². The maximum absolute atomic E-state index is 5.71. The molecule has 1 aliphatic carbocycles. The Morgan fingerprint density at radius 1 is 0.870 bits per heavy atom. The number of hydrogen-bond donors (Lipinski definition) is 0. The van der Waals surface area contributed by atoms with Crippen LogP contribution in [-0.2, 0) is 9.47 Å². The molecule has 0 aliphatic heterocycles. The number of rotatable bonds is 10. The highest BCUT2D eigenvalue weighted by molar-refractivity contribution is 4.90. The summed E-state index contributed by atoms with van der Waals surface area (Å²) in [6.45, 7) is 13.6. The van der Waals surface area contributed by atoms with Crippen LogP contribution in [0, 0.1) is 35.0 Å². The molecule has 0 aromatic heterocycles. The van der Waals surface area contributed by atoms with Gasteiger partial charge in [0.15, 0.2) is 0 Å². The molecule has 0 radical (unpaired) electrons. The molecule has 0 atom stereocenters. The van der Waals surface area contributed by atoms with Crippen LogP contribution < -0.4 is 0 Å². The fourth-order valence-electron chi connectivity index (χ4n) is 4.96. The van der Waals surface area contributed by atoms with Crippen LogP contribution in [0.5, 0.6) is 0 Å². The van der Waals surface area contributed by atoms with Gasteiger partial charge in [-0.2, -0.15) is 0 Å². The van der Waals surface area contributed by atoms with Crippen molar-refractivity contribution in [3.05, 3.63) is 0 Å². The van der Waals surface area contributed by atoms with Gasteiger partial charge in [-0.1, -0.05) is 47.5 Å². The lowest BCUT2D eigenvalue weighted by molar-refractivity contribution is -0.0548. The van der Waals surface area contributed by atoms with Crippen molar-refractivity contribution in [2.45, 2.75) is 73.1 Å². The molecule has 0 saturated heterocycles. The first kappa shape index (κ1) is 21.0. The van der Waals surface area contributed by atoms with E-state index in [1.807, 2.05) is 14.2 Å². The van der Waals surface area contributed by atoms with Gasteiger partial charge >= 0.3 is 0 Å². The third-order valence-electron chi connectivity index (χ3n) is 6.43. The summed E-state index contributed by atoms with van der Waals surface area (Å²) < 4.78 is 11.4. The van der Waals surface area contributed by atoms with Crippen molar-refractivity contribution in [1.29, 1.82) is 0 Å². The van der Waals surface area contributed by atoms with Crippen molar-refractivity contribution < 1.29 is 9.47 Å². The second-order valence-electron chi connectivity index (χ2n) is 8.88. The molecule has 1 aliphatic rings. The van der Waals surface area contributed by atoms with E-state index in [9.17, 15) is 0 Å². The topological polar surface area (TPSA) is 18.5 Å². The van der Waals surface area contributed by atoms with Crippen molar-refractivity contribution in [2.75, 3.05) is 27.4 Å². The van der Waals surface area contributed by atoms with Crippen LogP contribution in [0.2, 0.25) is 0 Å². The van der Waals surface area contributed by atoms with E-state index in [0.29, 0.717) is 0 Å². The van der Waals surface area contributed by atoms with Gasteiger partial charge in [0.25, 0.3) is 0 Å². The zero-order chi connectivity index (χ0) is 17.5. The van der Waals surface area contributed by atoms with Crippen LogP contribution in [-0.4, -0.2) is 27.4 Å². The Labute approximate surface area is 145 Å². The molecule has 2 heteroatoms.